The Bertz CT molecular complexity index is 825. The van der Waals surface area contributed by atoms with Gasteiger partial charge in [0.05, 0.1) is 11.4 Å². The van der Waals surface area contributed by atoms with Crippen molar-refractivity contribution in [2.75, 3.05) is 26.2 Å². The fourth-order valence-corrected chi connectivity index (χ4v) is 5.52. The number of rotatable bonds is 5. The number of likely N-dealkylation sites (tertiary alicyclic amines) is 1. The Kier molecular flexibility index (Phi) is 5.78. The minimum absolute atomic E-state index is 0.0356. The second kappa shape index (κ2) is 8.45. The first-order valence-corrected chi connectivity index (χ1v) is 10.9. The molecule has 148 valence electrons. The average molecular weight is 398 g/mol. The van der Waals surface area contributed by atoms with Crippen LogP contribution in [0, 0.1) is 5.92 Å². The molecule has 4 rings (SSSR count). The van der Waals surface area contributed by atoms with Gasteiger partial charge in [-0.05, 0) is 55.3 Å². The summed E-state index contributed by atoms with van der Waals surface area (Å²) < 4.78 is 0. The van der Waals surface area contributed by atoms with E-state index >= 15 is 0 Å². The summed E-state index contributed by atoms with van der Waals surface area (Å²) in [5, 5.41) is 2.82. The summed E-state index contributed by atoms with van der Waals surface area (Å²) in [6.07, 6.45) is 4.53. The third-order valence-corrected chi connectivity index (χ3v) is 7.18. The van der Waals surface area contributed by atoms with Crippen LogP contribution in [-0.4, -0.2) is 42.9 Å². The Morgan fingerprint density at radius 2 is 1.93 bits per heavy atom. The predicted octanol–water partition coefficient (Wildman–Crippen LogP) is 2.56. The monoisotopic (exact) mass is 397 g/mol. The van der Waals surface area contributed by atoms with E-state index in [1.165, 1.54) is 28.8 Å². The lowest BCUT2D eigenvalue weighted by Gasteiger charge is -2.17. The number of thiophene rings is 1. The number of fused-ring (bicyclic) bond motifs is 1. The molecule has 0 saturated carbocycles. The lowest BCUT2D eigenvalue weighted by Crippen LogP contribution is -2.39. The van der Waals surface area contributed by atoms with Crippen LogP contribution in [0.5, 0.6) is 0 Å². The number of carbonyl (C=O) groups excluding carboxylic acids is 2. The minimum atomic E-state index is -0.137. The smallest absolute Gasteiger partial charge is 0.261 e. The molecule has 2 aromatic rings. The molecule has 0 unspecified atom stereocenters. The van der Waals surface area contributed by atoms with Crippen molar-refractivity contribution in [1.82, 2.24) is 10.2 Å². The standard InChI is InChI=1S/C22H27N3O2S/c23-11-17-13-25(14-18(17)15-6-2-1-3-7-15)21(26)12-24-22(27)20-10-16-8-4-5-9-19(16)28-20/h1-3,6-7,10,17-18H,4-5,8-9,11-14,23H2,(H,24,27)/t17-,18+/m1/s1. The molecule has 0 spiro atoms. The van der Waals surface area contributed by atoms with Gasteiger partial charge in [-0.3, -0.25) is 9.59 Å². The number of amides is 2. The summed E-state index contributed by atoms with van der Waals surface area (Å²) in [6, 6.07) is 12.2. The third-order valence-electron chi connectivity index (χ3n) is 5.94. The van der Waals surface area contributed by atoms with Crippen molar-refractivity contribution in [2.24, 2.45) is 11.7 Å². The number of carbonyl (C=O) groups is 2. The zero-order chi connectivity index (χ0) is 19.5. The van der Waals surface area contributed by atoms with Crippen LogP contribution in [0.3, 0.4) is 0 Å². The van der Waals surface area contributed by atoms with Crippen molar-refractivity contribution in [1.29, 1.82) is 0 Å². The van der Waals surface area contributed by atoms with E-state index in [1.807, 2.05) is 29.2 Å². The van der Waals surface area contributed by atoms with Gasteiger partial charge in [-0.2, -0.15) is 0 Å². The molecule has 1 aliphatic heterocycles. The molecular weight excluding hydrogens is 370 g/mol. The molecule has 1 fully saturated rings. The van der Waals surface area contributed by atoms with Gasteiger partial charge in [0.1, 0.15) is 0 Å². The van der Waals surface area contributed by atoms with Crippen molar-refractivity contribution in [3.8, 4) is 0 Å². The predicted molar refractivity (Wildman–Crippen MR) is 112 cm³/mol. The highest BCUT2D eigenvalue weighted by molar-refractivity contribution is 7.14. The van der Waals surface area contributed by atoms with Crippen LogP contribution in [0.2, 0.25) is 0 Å². The second-order valence-electron chi connectivity index (χ2n) is 7.76. The normalized spacial score (nSPS) is 21.4. The fraction of sp³-hybridized carbons (Fsp3) is 0.455. The molecule has 28 heavy (non-hydrogen) atoms. The molecule has 0 bridgehead atoms. The van der Waals surface area contributed by atoms with E-state index in [4.69, 9.17) is 5.73 Å². The lowest BCUT2D eigenvalue weighted by molar-refractivity contribution is -0.129. The van der Waals surface area contributed by atoms with Crippen molar-refractivity contribution in [3.63, 3.8) is 0 Å². The molecule has 0 radical (unpaired) electrons. The first-order valence-electron chi connectivity index (χ1n) is 10.1. The summed E-state index contributed by atoms with van der Waals surface area (Å²) in [6.45, 7) is 1.91. The van der Waals surface area contributed by atoms with Gasteiger partial charge in [0, 0.05) is 23.9 Å². The Hall–Kier alpha value is -2.18. The molecule has 5 nitrogen and oxygen atoms in total. The maximum atomic E-state index is 12.7. The Balaban J connectivity index is 1.35. The topological polar surface area (TPSA) is 75.4 Å². The van der Waals surface area contributed by atoms with Gasteiger partial charge in [-0.15, -0.1) is 11.3 Å². The van der Waals surface area contributed by atoms with E-state index in [-0.39, 0.29) is 30.2 Å². The largest absolute Gasteiger partial charge is 0.342 e. The van der Waals surface area contributed by atoms with E-state index in [0.717, 1.165) is 17.7 Å². The number of benzene rings is 1. The van der Waals surface area contributed by atoms with E-state index in [2.05, 4.69) is 17.4 Å². The number of nitrogens with zero attached hydrogens (tertiary/aromatic N) is 1. The molecule has 3 N–H and O–H groups in total. The number of hydrogen-bond donors (Lipinski definition) is 2. The zero-order valence-corrected chi connectivity index (χ0v) is 16.8. The SMILES string of the molecule is NC[C@@H]1CN(C(=O)CNC(=O)c2cc3c(s2)CCCC3)C[C@H]1c1ccccc1. The Morgan fingerprint density at radius 1 is 1.14 bits per heavy atom. The van der Waals surface area contributed by atoms with E-state index in [0.29, 0.717) is 19.6 Å². The maximum Gasteiger partial charge on any atom is 0.261 e. The number of hydrogen-bond acceptors (Lipinski definition) is 4. The number of nitrogens with one attached hydrogen (secondary N) is 1. The maximum absolute atomic E-state index is 12.7. The van der Waals surface area contributed by atoms with Gasteiger partial charge in [0.15, 0.2) is 0 Å². The molecule has 6 heteroatoms. The summed E-state index contributed by atoms with van der Waals surface area (Å²) in [4.78, 5) is 29.1. The van der Waals surface area contributed by atoms with Gasteiger partial charge < -0.3 is 16.0 Å². The molecule has 1 aromatic heterocycles. The molecule has 2 atom stereocenters. The second-order valence-corrected chi connectivity index (χ2v) is 8.90. The fourth-order valence-electron chi connectivity index (χ4n) is 4.35. The van der Waals surface area contributed by atoms with Crippen LogP contribution in [0.25, 0.3) is 0 Å². The van der Waals surface area contributed by atoms with Crippen molar-refractivity contribution in [2.45, 2.75) is 31.6 Å². The Morgan fingerprint density at radius 3 is 2.68 bits per heavy atom. The van der Waals surface area contributed by atoms with Crippen LogP contribution in [-0.2, 0) is 17.6 Å². The highest BCUT2D eigenvalue weighted by atomic mass is 32.1. The van der Waals surface area contributed by atoms with Crippen molar-refractivity contribution < 1.29 is 9.59 Å². The highest BCUT2D eigenvalue weighted by Crippen LogP contribution is 2.32. The van der Waals surface area contributed by atoms with Gasteiger partial charge in [-0.1, -0.05) is 30.3 Å². The molecule has 1 saturated heterocycles. The molecule has 2 heterocycles. The third kappa shape index (κ3) is 3.98. The lowest BCUT2D eigenvalue weighted by atomic mass is 9.89. The van der Waals surface area contributed by atoms with E-state index in [9.17, 15) is 9.59 Å². The van der Waals surface area contributed by atoms with Crippen LogP contribution in [0.4, 0.5) is 0 Å². The molecule has 1 aliphatic carbocycles. The van der Waals surface area contributed by atoms with Gasteiger partial charge in [0.2, 0.25) is 5.91 Å². The number of aryl methyl sites for hydroxylation is 2. The molecule has 1 aromatic carbocycles. The molecule has 2 amide bonds. The van der Waals surface area contributed by atoms with E-state index < -0.39 is 0 Å². The summed E-state index contributed by atoms with van der Waals surface area (Å²) in [5.41, 5.74) is 8.50. The molecule has 2 aliphatic rings. The Labute approximate surface area is 169 Å². The van der Waals surface area contributed by atoms with Crippen molar-refractivity contribution >= 4 is 23.2 Å². The van der Waals surface area contributed by atoms with Gasteiger partial charge in [-0.25, -0.2) is 0 Å². The van der Waals surface area contributed by atoms with Gasteiger partial charge in [0.25, 0.3) is 5.91 Å². The van der Waals surface area contributed by atoms with Crippen molar-refractivity contribution in [3.05, 3.63) is 57.3 Å². The van der Waals surface area contributed by atoms with Crippen LogP contribution in [0.15, 0.2) is 36.4 Å². The van der Waals surface area contributed by atoms with Gasteiger partial charge >= 0.3 is 0 Å². The summed E-state index contributed by atoms with van der Waals surface area (Å²) in [5.74, 6) is 0.342. The number of nitrogens with two attached hydrogens (primary N) is 1. The highest BCUT2D eigenvalue weighted by Gasteiger charge is 2.35. The summed E-state index contributed by atoms with van der Waals surface area (Å²) >= 11 is 1.58. The zero-order valence-electron chi connectivity index (χ0n) is 16.0. The average Bonchev–Trinajstić information content (AvgIpc) is 3.36. The quantitative estimate of drug-likeness (QED) is 0.814. The van der Waals surface area contributed by atoms with Crippen LogP contribution >= 0.6 is 11.3 Å². The van der Waals surface area contributed by atoms with E-state index in [1.54, 1.807) is 11.3 Å². The first kappa shape index (κ1) is 19.2. The first-order chi connectivity index (χ1) is 13.7. The minimum Gasteiger partial charge on any atom is -0.342 e. The van der Waals surface area contributed by atoms with Crippen LogP contribution < -0.4 is 11.1 Å². The molecular formula is C22H27N3O2S. The van der Waals surface area contributed by atoms with Crippen LogP contribution in [0.1, 0.15) is 44.4 Å². The summed E-state index contributed by atoms with van der Waals surface area (Å²) in [7, 11) is 0.